The summed E-state index contributed by atoms with van der Waals surface area (Å²) < 4.78 is 23.4. The number of hydrogen-bond acceptors (Lipinski definition) is 2. The van der Waals surface area contributed by atoms with Crippen LogP contribution in [0.4, 0.5) is 0 Å². The highest BCUT2D eigenvalue weighted by molar-refractivity contribution is 6.30. The van der Waals surface area contributed by atoms with E-state index in [1.807, 2.05) is 0 Å². The molecule has 0 spiro atoms. The molecule has 0 bridgehead atoms. The zero-order valence-electron chi connectivity index (χ0n) is 63.9. The molecule has 6 aromatic heterocycles. The number of rotatable bonds is 8. The van der Waals surface area contributed by atoms with E-state index in [4.69, 9.17) is 8.83 Å². The molecule has 0 amide bonds. The van der Waals surface area contributed by atoms with Gasteiger partial charge in [-0.25, -0.2) is 0 Å². The fourth-order valence-electron chi connectivity index (χ4n) is 19.7. The Morgan fingerprint density at radius 1 is 0.144 bits per heavy atom. The van der Waals surface area contributed by atoms with Crippen molar-refractivity contribution in [2.24, 2.45) is 0 Å². The molecule has 6 nitrogen and oxygen atoms in total. The van der Waals surface area contributed by atoms with E-state index in [2.05, 4.69) is 431 Å². The average Bonchev–Trinajstić information content (AvgIpc) is 1.55. The zero-order chi connectivity index (χ0) is 77.2. The number of fused-ring (bicyclic) bond motifs is 23. The van der Waals surface area contributed by atoms with Crippen molar-refractivity contribution in [1.29, 1.82) is 0 Å². The molecule has 0 atom stereocenters. The third-order valence-corrected chi connectivity index (χ3v) is 24.8. The van der Waals surface area contributed by atoms with Crippen molar-refractivity contribution in [2.45, 2.75) is 0 Å². The summed E-state index contributed by atoms with van der Waals surface area (Å²) in [5.74, 6) is 0. The Balaban J connectivity index is 0.000000131. The van der Waals surface area contributed by atoms with Crippen molar-refractivity contribution in [1.82, 2.24) is 18.3 Å². The van der Waals surface area contributed by atoms with Crippen LogP contribution >= 0.6 is 0 Å². The van der Waals surface area contributed by atoms with Gasteiger partial charge in [0.2, 0.25) is 0 Å². The van der Waals surface area contributed by atoms with Crippen LogP contribution in [0, 0.1) is 0 Å². The van der Waals surface area contributed by atoms with Crippen LogP contribution in [0.3, 0.4) is 0 Å². The summed E-state index contributed by atoms with van der Waals surface area (Å²) in [6, 6.07) is 150. The molecule has 26 rings (SSSR count). The van der Waals surface area contributed by atoms with E-state index in [-0.39, 0.29) is 0 Å². The molecule has 0 saturated heterocycles. The van der Waals surface area contributed by atoms with Crippen molar-refractivity contribution in [3.63, 3.8) is 0 Å². The van der Waals surface area contributed by atoms with Gasteiger partial charge < -0.3 is 27.1 Å². The lowest BCUT2D eigenvalue weighted by Gasteiger charge is -2.15. The van der Waals surface area contributed by atoms with Gasteiger partial charge in [-0.2, -0.15) is 0 Å². The molecule has 548 valence electrons. The molecule has 0 aliphatic rings. The Bertz CT molecular complexity index is 8670. The minimum absolute atomic E-state index is 0.883. The maximum absolute atomic E-state index is 6.82. The van der Waals surface area contributed by atoms with E-state index in [1.54, 1.807) is 0 Å². The van der Waals surface area contributed by atoms with Gasteiger partial charge in [0.15, 0.2) is 0 Å². The Morgan fingerprint density at radius 2 is 0.466 bits per heavy atom. The van der Waals surface area contributed by atoms with Crippen molar-refractivity contribution < 1.29 is 8.83 Å². The molecule has 20 aromatic carbocycles. The van der Waals surface area contributed by atoms with Crippen LogP contribution in [0.5, 0.6) is 0 Å². The van der Waals surface area contributed by atoms with E-state index >= 15 is 0 Å². The molecular weight excluding hydrogens is 1430 g/mol. The molecule has 0 fully saturated rings. The zero-order valence-corrected chi connectivity index (χ0v) is 63.9. The fourth-order valence-corrected chi connectivity index (χ4v) is 19.7. The third kappa shape index (κ3) is 10.1. The van der Waals surface area contributed by atoms with E-state index in [0.29, 0.717) is 0 Å². The monoisotopic (exact) mass is 1500 g/mol. The Hall–Kier alpha value is -15.8. The lowest BCUT2D eigenvalue weighted by atomic mass is 9.91. The molecule has 0 saturated carbocycles. The third-order valence-electron chi connectivity index (χ3n) is 24.8. The van der Waals surface area contributed by atoms with Crippen molar-refractivity contribution in [2.75, 3.05) is 0 Å². The highest BCUT2D eigenvalue weighted by Crippen LogP contribution is 2.50. The van der Waals surface area contributed by atoms with Crippen LogP contribution in [0.25, 0.3) is 241 Å². The summed E-state index contributed by atoms with van der Waals surface area (Å²) in [4.78, 5) is 0. The molecule has 118 heavy (non-hydrogen) atoms. The molecule has 0 N–H and O–H groups in total. The van der Waals surface area contributed by atoms with Gasteiger partial charge in [0.05, 0.1) is 44.1 Å². The molecule has 0 aliphatic carbocycles. The quantitative estimate of drug-likeness (QED) is 0.152. The maximum Gasteiger partial charge on any atom is 0.136 e. The summed E-state index contributed by atoms with van der Waals surface area (Å²) in [6.45, 7) is 0. The Kier molecular flexibility index (Phi) is 14.4. The average molecular weight is 1500 g/mol. The molecule has 6 heterocycles. The first-order chi connectivity index (χ1) is 58.5. The van der Waals surface area contributed by atoms with Crippen LogP contribution < -0.4 is 0 Å². The van der Waals surface area contributed by atoms with E-state index in [0.717, 1.165) is 111 Å². The number of aromatic nitrogens is 4. The van der Waals surface area contributed by atoms with Gasteiger partial charge in [-0.1, -0.05) is 267 Å². The van der Waals surface area contributed by atoms with Gasteiger partial charge >= 0.3 is 0 Å². The highest BCUT2D eigenvalue weighted by atomic mass is 16.3. The first-order valence-electron chi connectivity index (χ1n) is 40.5. The Labute approximate surface area is 676 Å². The second kappa shape index (κ2) is 25.9. The predicted octanol–water partition coefficient (Wildman–Crippen LogP) is 30.8. The first kappa shape index (κ1) is 65.8. The van der Waals surface area contributed by atoms with Gasteiger partial charge in [0.25, 0.3) is 0 Å². The summed E-state index contributed by atoms with van der Waals surface area (Å²) in [5.41, 5.74) is 26.8. The second-order valence-electron chi connectivity index (χ2n) is 31.4. The molecule has 0 radical (unpaired) electrons. The molecule has 0 aliphatic heterocycles. The number of para-hydroxylation sites is 6. The number of nitrogens with zero attached hydrogens (tertiary/aromatic N) is 4. The highest BCUT2D eigenvalue weighted by Gasteiger charge is 2.26. The van der Waals surface area contributed by atoms with Crippen LogP contribution in [0.1, 0.15) is 0 Å². The second-order valence-corrected chi connectivity index (χ2v) is 31.4. The number of benzene rings is 20. The van der Waals surface area contributed by atoms with Gasteiger partial charge in [-0.3, -0.25) is 0 Å². The molecular formula is C112H68N4O2. The summed E-state index contributed by atoms with van der Waals surface area (Å²) in [5, 5.41) is 24.1. The van der Waals surface area contributed by atoms with Crippen molar-refractivity contribution in [3.8, 4) is 67.3 Å². The SMILES string of the molecule is c1ccc(-c2cc(-c3cc(-n4c5ccccc5c5c6c7ccccc7n(-c7ccccc7)c6ccc54)cc4ccccc34)cc3oc4cc5ccccc5cc4c23)cc1.c1ccc(-c2cc(-c3cc(-n4c5ccccc5c5cc6c7ccccc7n(-c7ccccc7)c6cc54)cc4ccccc34)cc3oc4cc5ccccc5cc4c23)cc1. The summed E-state index contributed by atoms with van der Waals surface area (Å²) >= 11 is 0. The molecule has 0 unspecified atom stereocenters. The number of hydrogen-bond donors (Lipinski definition) is 0. The normalized spacial score (nSPS) is 12.1. The van der Waals surface area contributed by atoms with E-state index in [1.165, 1.54) is 130 Å². The lowest BCUT2D eigenvalue weighted by Crippen LogP contribution is -1.97. The van der Waals surface area contributed by atoms with Crippen LogP contribution in [0.2, 0.25) is 0 Å². The van der Waals surface area contributed by atoms with Crippen LogP contribution in [0.15, 0.2) is 421 Å². The van der Waals surface area contributed by atoms with Gasteiger partial charge in [-0.05, 0) is 233 Å². The van der Waals surface area contributed by atoms with Gasteiger partial charge in [0, 0.05) is 87.4 Å². The predicted molar refractivity (Wildman–Crippen MR) is 497 cm³/mol. The van der Waals surface area contributed by atoms with Gasteiger partial charge in [0.1, 0.15) is 22.3 Å². The Morgan fingerprint density at radius 3 is 0.890 bits per heavy atom. The fraction of sp³-hybridized carbons (Fsp3) is 0. The minimum Gasteiger partial charge on any atom is -0.456 e. The van der Waals surface area contributed by atoms with Crippen LogP contribution in [-0.4, -0.2) is 18.3 Å². The minimum atomic E-state index is 0.883. The topological polar surface area (TPSA) is 46.0 Å². The van der Waals surface area contributed by atoms with Gasteiger partial charge in [-0.15, -0.1) is 0 Å². The van der Waals surface area contributed by atoms with E-state index in [9.17, 15) is 0 Å². The largest absolute Gasteiger partial charge is 0.456 e. The number of furan rings is 2. The van der Waals surface area contributed by atoms with Crippen molar-refractivity contribution in [3.05, 3.63) is 413 Å². The first-order valence-corrected chi connectivity index (χ1v) is 40.5. The lowest BCUT2D eigenvalue weighted by molar-refractivity contribution is 0.669. The maximum atomic E-state index is 6.82. The summed E-state index contributed by atoms with van der Waals surface area (Å²) in [6.07, 6.45) is 0. The van der Waals surface area contributed by atoms with Crippen LogP contribution in [-0.2, 0) is 0 Å². The summed E-state index contributed by atoms with van der Waals surface area (Å²) in [7, 11) is 0. The van der Waals surface area contributed by atoms with Crippen molar-refractivity contribution >= 4 is 174 Å². The standard InChI is InChI=1S/2C56H34N2O/c1-3-15-35(16-4-1)46-29-39(31-55-56(46)49-28-36-17-7-8-18-37(36)30-54(49)59-55)45-32-41(27-38-19-9-10-22-42(38)45)58-51-26-14-12-24-44(51)48-33-47-43-23-11-13-25-50(43)57(52(47)34-53(48)58)40-20-5-2-6-21-40;1-3-15-35(16-4-1)46-31-39(33-53-54(46)47-30-36-17-7-8-18-37(36)32-52(47)59-53)45-34-41(29-38-19-9-10-22-42(38)45)58-49-26-14-12-24-44(49)56-51(58)28-27-50-55(56)43-23-11-13-25-48(43)57(50)40-20-5-2-6-21-40/h2*1-34H. The smallest absolute Gasteiger partial charge is 0.136 e. The molecule has 6 heteroatoms. The van der Waals surface area contributed by atoms with E-state index < -0.39 is 0 Å². The molecule has 26 aromatic rings.